The number of carbonyl (C=O) groups is 2. The summed E-state index contributed by atoms with van der Waals surface area (Å²) >= 11 is 1.56. The maximum atomic E-state index is 11.9. The SMILES string of the molecule is O=C(O)CNC(=O)[C@@H]1SCCc2ccccc21. The van der Waals surface area contributed by atoms with E-state index in [-0.39, 0.29) is 17.7 Å². The number of aliphatic carboxylic acids is 1. The summed E-state index contributed by atoms with van der Waals surface area (Å²) < 4.78 is 0. The Morgan fingerprint density at radius 1 is 1.41 bits per heavy atom. The number of hydrogen-bond acceptors (Lipinski definition) is 3. The van der Waals surface area contributed by atoms with Gasteiger partial charge in [0, 0.05) is 0 Å². The van der Waals surface area contributed by atoms with Crippen molar-refractivity contribution in [3.8, 4) is 0 Å². The van der Waals surface area contributed by atoms with Crippen LogP contribution >= 0.6 is 11.8 Å². The summed E-state index contributed by atoms with van der Waals surface area (Å²) in [4.78, 5) is 22.3. The minimum atomic E-state index is -1.02. The largest absolute Gasteiger partial charge is 0.480 e. The highest BCUT2D eigenvalue weighted by molar-refractivity contribution is 8.00. The van der Waals surface area contributed by atoms with Gasteiger partial charge in [-0.25, -0.2) is 0 Å². The molecule has 0 aromatic heterocycles. The van der Waals surface area contributed by atoms with Crippen molar-refractivity contribution in [3.63, 3.8) is 0 Å². The van der Waals surface area contributed by atoms with Crippen molar-refractivity contribution in [1.82, 2.24) is 5.32 Å². The fraction of sp³-hybridized carbons (Fsp3) is 0.333. The van der Waals surface area contributed by atoms with Gasteiger partial charge in [-0.3, -0.25) is 9.59 Å². The third-order valence-electron chi connectivity index (χ3n) is 2.65. The fourth-order valence-corrected chi connectivity index (χ4v) is 3.08. The van der Waals surface area contributed by atoms with Crippen molar-refractivity contribution in [1.29, 1.82) is 0 Å². The minimum absolute atomic E-state index is 0.218. The average molecular weight is 251 g/mol. The van der Waals surface area contributed by atoms with Crippen LogP contribution in [0.1, 0.15) is 16.4 Å². The minimum Gasteiger partial charge on any atom is -0.480 e. The molecule has 1 aromatic rings. The van der Waals surface area contributed by atoms with Crippen LogP contribution in [-0.2, 0) is 16.0 Å². The lowest BCUT2D eigenvalue weighted by molar-refractivity contribution is -0.137. The standard InChI is InChI=1S/C12H13NO3S/c14-10(15)7-13-12(16)11-9-4-2-1-3-8(9)5-6-17-11/h1-4,11H,5-7H2,(H,13,16)(H,14,15)/t11-/m1/s1. The highest BCUT2D eigenvalue weighted by Gasteiger charge is 2.26. The topological polar surface area (TPSA) is 66.4 Å². The van der Waals surface area contributed by atoms with Crippen LogP contribution < -0.4 is 5.32 Å². The number of fused-ring (bicyclic) bond motifs is 1. The Bertz CT molecular complexity index is 447. The summed E-state index contributed by atoms with van der Waals surface area (Å²) in [6, 6.07) is 7.82. The second-order valence-electron chi connectivity index (χ2n) is 3.81. The van der Waals surface area contributed by atoms with Crippen LogP contribution in [0.3, 0.4) is 0 Å². The number of benzene rings is 1. The Labute approximate surface area is 103 Å². The Kier molecular flexibility index (Phi) is 3.68. The van der Waals surface area contributed by atoms with Crippen LogP contribution in [0.2, 0.25) is 0 Å². The molecule has 0 bridgehead atoms. The number of carboxylic acid groups (broad SMARTS) is 1. The van der Waals surface area contributed by atoms with E-state index in [1.807, 2.05) is 24.3 Å². The van der Waals surface area contributed by atoms with E-state index in [1.54, 1.807) is 11.8 Å². The number of carboxylic acids is 1. The number of nitrogens with one attached hydrogen (secondary N) is 1. The molecule has 1 aliphatic rings. The van der Waals surface area contributed by atoms with Gasteiger partial charge in [0.1, 0.15) is 11.8 Å². The first-order chi connectivity index (χ1) is 8.18. The van der Waals surface area contributed by atoms with Crippen molar-refractivity contribution in [3.05, 3.63) is 35.4 Å². The molecule has 2 rings (SSSR count). The molecule has 0 radical (unpaired) electrons. The molecule has 1 aromatic carbocycles. The maximum absolute atomic E-state index is 11.9. The third kappa shape index (κ3) is 2.79. The number of aryl methyl sites for hydroxylation is 1. The second kappa shape index (κ2) is 5.23. The lowest BCUT2D eigenvalue weighted by Gasteiger charge is -2.23. The number of amides is 1. The Hall–Kier alpha value is -1.49. The van der Waals surface area contributed by atoms with Crippen molar-refractivity contribution in [2.45, 2.75) is 11.7 Å². The maximum Gasteiger partial charge on any atom is 0.322 e. The van der Waals surface area contributed by atoms with Gasteiger partial charge < -0.3 is 10.4 Å². The molecule has 0 saturated carbocycles. The van der Waals surface area contributed by atoms with E-state index < -0.39 is 5.97 Å². The molecule has 0 unspecified atom stereocenters. The van der Waals surface area contributed by atoms with Gasteiger partial charge >= 0.3 is 5.97 Å². The number of thioether (sulfide) groups is 1. The van der Waals surface area contributed by atoms with Gasteiger partial charge in [-0.15, -0.1) is 11.8 Å². The number of carbonyl (C=O) groups excluding carboxylic acids is 1. The lowest BCUT2D eigenvalue weighted by Crippen LogP contribution is -2.33. The molecule has 1 heterocycles. The normalized spacial score (nSPS) is 18.2. The van der Waals surface area contributed by atoms with E-state index >= 15 is 0 Å². The van der Waals surface area contributed by atoms with Crippen LogP contribution in [0, 0.1) is 0 Å². The van der Waals surface area contributed by atoms with E-state index in [0.717, 1.165) is 17.7 Å². The number of rotatable bonds is 3. The van der Waals surface area contributed by atoms with Crippen LogP contribution in [0.15, 0.2) is 24.3 Å². The Morgan fingerprint density at radius 3 is 2.94 bits per heavy atom. The van der Waals surface area contributed by atoms with E-state index in [4.69, 9.17) is 5.11 Å². The third-order valence-corrected chi connectivity index (χ3v) is 3.89. The van der Waals surface area contributed by atoms with Crippen LogP contribution in [0.4, 0.5) is 0 Å². The molecular formula is C12H13NO3S. The van der Waals surface area contributed by atoms with E-state index in [2.05, 4.69) is 5.32 Å². The van der Waals surface area contributed by atoms with Gasteiger partial charge in [-0.2, -0.15) is 0 Å². The molecule has 1 amide bonds. The summed E-state index contributed by atoms with van der Waals surface area (Å²) in [5, 5.41) is 10.7. The summed E-state index contributed by atoms with van der Waals surface area (Å²) in [7, 11) is 0. The lowest BCUT2D eigenvalue weighted by atomic mass is 10.0. The van der Waals surface area contributed by atoms with Crippen LogP contribution in [0.5, 0.6) is 0 Å². The highest BCUT2D eigenvalue weighted by Crippen LogP contribution is 2.36. The van der Waals surface area contributed by atoms with Gasteiger partial charge in [-0.1, -0.05) is 24.3 Å². The van der Waals surface area contributed by atoms with Gasteiger partial charge in [0.2, 0.25) is 5.91 Å². The number of hydrogen-bond donors (Lipinski definition) is 2. The average Bonchev–Trinajstić information content (AvgIpc) is 2.35. The molecule has 0 spiro atoms. The van der Waals surface area contributed by atoms with Crippen LogP contribution in [0.25, 0.3) is 0 Å². The quantitative estimate of drug-likeness (QED) is 0.847. The van der Waals surface area contributed by atoms with Gasteiger partial charge in [0.05, 0.1) is 0 Å². The van der Waals surface area contributed by atoms with Gasteiger partial charge in [0.25, 0.3) is 0 Å². The zero-order valence-corrected chi connectivity index (χ0v) is 10.00. The van der Waals surface area contributed by atoms with Crippen molar-refractivity contribution in [2.75, 3.05) is 12.3 Å². The summed E-state index contributed by atoms with van der Waals surface area (Å²) in [5.41, 5.74) is 2.19. The van der Waals surface area contributed by atoms with Crippen LogP contribution in [-0.4, -0.2) is 29.3 Å². The van der Waals surface area contributed by atoms with E-state index in [9.17, 15) is 9.59 Å². The Morgan fingerprint density at radius 2 is 2.18 bits per heavy atom. The first-order valence-corrected chi connectivity index (χ1v) is 6.42. The van der Waals surface area contributed by atoms with Crippen molar-refractivity contribution < 1.29 is 14.7 Å². The summed E-state index contributed by atoms with van der Waals surface area (Å²) in [6.45, 7) is -0.321. The van der Waals surface area contributed by atoms with Gasteiger partial charge in [0.15, 0.2) is 0 Å². The molecule has 1 aliphatic heterocycles. The first kappa shape index (κ1) is 12.0. The zero-order valence-electron chi connectivity index (χ0n) is 9.18. The zero-order chi connectivity index (χ0) is 12.3. The molecule has 2 N–H and O–H groups in total. The predicted octanol–water partition coefficient (Wildman–Crippen LogP) is 1.22. The van der Waals surface area contributed by atoms with Gasteiger partial charge in [-0.05, 0) is 23.3 Å². The summed E-state index contributed by atoms with van der Waals surface area (Å²) in [6.07, 6.45) is 0.962. The second-order valence-corrected chi connectivity index (χ2v) is 5.02. The molecule has 90 valence electrons. The van der Waals surface area contributed by atoms with Crippen molar-refractivity contribution in [2.24, 2.45) is 0 Å². The van der Waals surface area contributed by atoms with E-state index in [1.165, 1.54) is 5.56 Å². The molecule has 5 heteroatoms. The smallest absolute Gasteiger partial charge is 0.322 e. The first-order valence-electron chi connectivity index (χ1n) is 5.37. The molecule has 4 nitrogen and oxygen atoms in total. The van der Waals surface area contributed by atoms with Crippen molar-refractivity contribution >= 4 is 23.6 Å². The van der Waals surface area contributed by atoms with E-state index in [0.29, 0.717) is 0 Å². The molecule has 1 atom stereocenters. The Balaban J connectivity index is 2.12. The fourth-order valence-electron chi connectivity index (χ4n) is 1.87. The molecule has 17 heavy (non-hydrogen) atoms. The highest BCUT2D eigenvalue weighted by atomic mass is 32.2. The summed E-state index contributed by atoms with van der Waals surface area (Å²) in [5.74, 6) is -0.348. The monoisotopic (exact) mass is 251 g/mol. The molecule has 0 saturated heterocycles. The molecule has 0 fully saturated rings. The molecular weight excluding hydrogens is 238 g/mol. The predicted molar refractivity (Wildman–Crippen MR) is 66.0 cm³/mol. The molecule has 0 aliphatic carbocycles.